The molecule has 1 aliphatic rings. The second-order valence-electron chi connectivity index (χ2n) is 5.44. The van der Waals surface area contributed by atoms with Gasteiger partial charge >= 0.3 is 147 Å². The van der Waals surface area contributed by atoms with Crippen molar-refractivity contribution < 1.29 is 65.6 Å². The van der Waals surface area contributed by atoms with Crippen LogP contribution in [0.3, 0.4) is 0 Å². The first-order valence-electron chi connectivity index (χ1n) is 6.26. The quantitative estimate of drug-likeness (QED) is 0.323. The molecule has 0 bridgehead atoms. The summed E-state index contributed by atoms with van der Waals surface area (Å²) in [5, 5.41) is 0. The van der Waals surface area contributed by atoms with E-state index in [0.717, 1.165) is 15.0 Å². The van der Waals surface area contributed by atoms with Gasteiger partial charge in [0.25, 0.3) is 0 Å². The Labute approximate surface area is 143 Å². The minimum atomic E-state index is -2.76. The summed E-state index contributed by atoms with van der Waals surface area (Å²) in [6.45, 7) is 17.5. The summed E-state index contributed by atoms with van der Waals surface area (Å²) in [6, 6.07) is 0. The summed E-state index contributed by atoms with van der Waals surface area (Å²) in [6.07, 6.45) is -2.76. The van der Waals surface area contributed by atoms with Crippen molar-refractivity contribution in [1.29, 1.82) is 0 Å². The van der Waals surface area contributed by atoms with E-state index in [9.17, 15) is 0 Å². The van der Waals surface area contributed by atoms with Crippen molar-refractivity contribution in [3.8, 4) is 0 Å². The van der Waals surface area contributed by atoms with Crippen LogP contribution in [0.4, 0.5) is 0 Å². The summed E-state index contributed by atoms with van der Waals surface area (Å²) in [4.78, 5) is 0. The average Bonchev–Trinajstić information content (AvgIpc) is 2.27. The van der Waals surface area contributed by atoms with E-state index >= 15 is 0 Å². The molecule has 1 heterocycles. The third-order valence-electron chi connectivity index (χ3n) is 3.61. The maximum absolute atomic E-state index is 7.35. The van der Waals surface area contributed by atoms with Gasteiger partial charge in [-0.2, -0.15) is 0 Å². The van der Waals surface area contributed by atoms with Crippen LogP contribution in [-0.4, -0.2) is 13.3 Å². The maximum atomic E-state index is 7.35. The van der Waals surface area contributed by atoms with Gasteiger partial charge in [0.05, 0.1) is 0 Å². The summed E-state index contributed by atoms with van der Waals surface area (Å²) in [5.41, 5.74) is 0. The molecule has 0 amide bonds. The predicted octanol–water partition coefficient (Wildman–Crippen LogP) is 5.61. The van der Waals surface area contributed by atoms with E-state index in [2.05, 4.69) is 41.0 Å². The van der Waals surface area contributed by atoms with Gasteiger partial charge in [0.15, 0.2) is 0 Å². The Kier molecular flexibility index (Phi) is 10.2. The molecule has 2 unspecified atom stereocenters. The molecule has 0 saturated carbocycles. The van der Waals surface area contributed by atoms with Gasteiger partial charge in [0.1, 0.15) is 0 Å². The molecule has 102 valence electrons. The third-order valence-corrected chi connectivity index (χ3v) is 276. The van der Waals surface area contributed by atoms with Crippen LogP contribution in [0.25, 0.3) is 0 Å². The zero-order valence-corrected chi connectivity index (χ0v) is 24.8. The zero-order chi connectivity index (χ0) is 14.2. The Morgan fingerprint density at radius 1 is 1.11 bits per heavy atom. The Morgan fingerprint density at radius 3 is 1.94 bits per heavy atom. The van der Waals surface area contributed by atoms with Crippen molar-refractivity contribution in [3.05, 3.63) is 0 Å². The van der Waals surface area contributed by atoms with Gasteiger partial charge in [0, 0.05) is 0 Å². The molecular weight excluding hydrogens is 516 g/mol. The van der Waals surface area contributed by atoms with Crippen LogP contribution in [-0.2, 0) is 65.6 Å². The Morgan fingerprint density at radius 2 is 1.61 bits per heavy atom. The van der Waals surface area contributed by atoms with Crippen molar-refractivity contribution in [2.24, 2.45) is 0 Å². The van der Waals surface area contributed by atoms with Crippen LogP contribution in [0.5, 0.6) is 0 Å². The molecule has 1 saturated heterocycles. The molecule has 2 atom stereocenters. The summed E-state index contributed by atoms with van der Waals surface area (Å²) in [7, 11) is 12.5. The molecule has 0 spiro atoms. The molecular formula is C8H22Cl2P2Ti6. The van der Waals surface area contributed by atoms with Crippen LogP contribution in [0.1, 0.15) is 27.7 Å². The first-order chi connectivity index (χ1) is 8.08. The van der Waals surface area contributed by atoms with Gasteiger partial charge in [-0.05, 0) is 0 Å². The van der Waals surface area contributed by atoms with Crippen LogP contribution in [0.15, 0.2) is 0 Å². The molecule has 18 heavy (non-hydrogen) atoms. The Hall–Kier alpha value is 5.73. The third kappa shape index (κ3) is 5.36. The van der Waals surface area contributed by atoms with E-state index in [1.54, 1.807) is 0 Å². The summed E-state index contributed by atoms with van der Waals surface area (Å²) in [5.74, 6) is 0. The fourth-order valence-electron chi connectivity index (χ4n) is 2.38. The standard InChI is InChI=1S/2C3H7.2CH4P.2ClH.6Ti/c2*1-3-2;2*1-2;;;;;;;;/h2*3H,1-2H3;2*2H,1H3;2*1H;;;;;;/q;;2*-1;;;;;;;+1;+3/p-2. The minimum absolute atomic E-state index is 0.131. The molecule has 1 aliphatic heterocycles. The number of hydrogen-bond donors (Lipinski definition) is 0. The van der Waals surface area contributed by atoms with E-state index in [4.69, 9.17) is 18.6 Å². The second-order valence-corrected chi connectivity index (χ2v) is 130. The average molecular weight is 538 g/mol. The number of hydrogen-bond acceptors (Lipinski definition) is 0. The number of rotatable bonds is 4. The van der Waals surface area contributed by atoms with Crippen LogP contribution in [0, 0.1) is 0 Å². The molecule has 1 rings (SSSR count). The molecule has 0 aromatic carbocycles. The summed E-state index contributed by atoms with van der Waals surface area (Å²) >= 11 is 0.879. The van der Waals surface area contributed by atoms with Crippen molar-refractivity contribution in [2.75, 3.05) is 13.3 Å². The molecule has 0 N–H and O–H groups in total. The van der Waals surface area contributed by atoms with Gasteiger partial charge in [-0.15, -0.1) is 0 Å². The SMILES string of the molecule is C[PH][Ti]1[Ti][Ti]([CH](C)C)([CH](C)C)[Ti][Ti]([Cl])([Cl])([PH]C)[Ti]1. The molecule has 0 nitrogen and oxygen atoms in total. The van der Waals surface area contributed by atoms with Gasteiger partial charge in [-0.25, -0.2) is 0 Å². The van der Waals surface area contributed by atoms with E-state index < -0.39 is 27.4 Å². The van der Waals surface area contributed by atoms with Gasteiger partial charge in [0.2, 0.25) is 0 Å². The van der Waals surface area contributed by atoms with E-state index in [0.29, 0.717) is 12.7 Å². The van der Waals surface area contributed by atoms with Crippen molar-refractivity contribution >= 4 is 31.8 Å². The first-order valence-corrected chi connectivity index (χ1v) is 44.0. The van der Waals surface area contributed by atoms with Crippen molar-refractivity contribution in [1.82, 2.24) is 0 Å². The fraction of sp³-hybridized carbons (Fsp3) is 1.00. The van der Waals surface area contributed by atoms with E-state index in [-0.39, 0.29) is 25.5 Å². The molecule has 1 fully saturated rings. The molecule has 0 radical (unpaired) electrons. The molecule has 10 heteroatoms. The molecule has 0 aromatic heterocycles. The summed E-state index contributed by atoms with van der Waals surface area (Å²) < 4.78 is 2.10. The molecule has 0 aliphatic carbocycles. The Balaban J connectivity index is 3.20. The topological polar surface area (TPSA) is 0 Å². The van der Waals surface area contributed by atoms with E-state index in [1.807, 2.05) is 0 Å². The molecule has 0 aromatic rings. The normalized spacial score (nSPS) is 28.1. The van der Waals surface area contributed by atoms with Gasteiger partial charge in [-0.1, -0.05) is 0 Å². The van der Waals surface area contributed by atoms with Gasteiger partial charge in [-0.3, -0.25) is 0 Å². The number of halogens is 2. The monoisotopic (exact) mass is 538 g/mol. The van der Waals surface area contributed by atoms with Crippen LogP contribution < -0.4 is 0 Å². The van der Waals surface area contributed by atoms with Crippen LogP contribution >= 0.6 is 31.8 Å². The van der Waals surface area contributed by atoms with E-state index in [1.165, 1.54) is 6.57 Å². The fourth-order valence-corrected chi connectivity index (χ4v) is 654. The van der Waals surface area contributed by atoms with Crippen molar-refractivity contribution in [2.45, 2.75) is 36.1 Å². The van der Waals surface area contributed by atoms with Crippen molar-refractivity contribution in [3.63, 3.8) is 0 Å². The predicted molar refractivity (Wildman–Crippen MR) is 70.4 cm³/mol. The Bertz CT molecular complexity index is 306. The van der Waals surface area contributed by atoms with Crippen LogP contribution in [0.2, 0.25) is 8.45 Å². The second kappa shape index (κ2) is 8.40. The van der Waals surface area contributed by atoms with Gasteiger partial charge < -0.3 is 0 Å². The zero-order valence-electron chi connectivity index (χ0n) is 11.9. The first kappa shape index (κ1) is 21.8.